The van der Waals surface area contributed by atoms with E-state index in [1.165, 1.54) is 19.1 Å². The van der Waals surface area contributed by atoms with Crippen LogP contribution in [0.3, 0.4) is 0 Å². The van der Waals surface area contributed by atoms with Crippen molar-refractivity contribution in [3.05, 3.63) is 52.2 Å². The summed E-state index contributed by atoms with van der Waals surface area (Å²) < 4.78 is 76.6. The fourth-order valence-electron chi connectivity index (χ4n) is 4.18. The highest BCUT2D eigenvalue weighted by Gasteiger charge is 2.46. The molecule has 2 aliphatic rings. The van der Waals surface area contributed by atoms with E-state index < -0.39 is 47.7 Å². The molecule has 1 aliphatic carbocycles. The summed E-state index contributed by atoms with van der Waals surface area (Å²) in [4.78, 5) is 21.1. The van der Waals surface area contributed by atoms with E-state index in [9.17, 15) is 22.4 Å². The van der Waals surface area contributed by atoms with Crippen LogP contribution in [0.2, 0.25) is 0 Å². The van der Waals surface area contributed by atoms with Crippen molar-refractivity contribution in [3.63, 3.8) is 0 Å². The molecule has 2 unspecified atom stereocenters. The SMILES string of the molecule is Cc1nc(NCc2cccc(C(C)(F)F)c2F)c(C2CCCO2)c(C(F)C(=O)NC2(CF)CC2)n1. The Morgan fingerprint density at radius 3 is 2.66 bits per heavy atom. The van der Waals surface area contributed by atoms with Gasteiger partial charge >= 0.3 is 0 Å². The molecule has 1 saturated carbocycles. The van der Waals surface area contributed by atoms with Crippen LogP contribution in [0.1, 0.15) is 73.1 Å². The van der Waals surface area contributed by atoms with Crippen LogP contribution < -0.4 is 10.6 Å². The fraction of sp³-hybridized carbons (Fsp3) is 0.542. The van der Waals surface area contributed by atoms with Crippen LogP contribution in [0.15, 0.2) is 18.2 Å². The number of hydrogen-bond acceptors (Lipinski definition) is 5. The smallest absolute Gasteiger partial charge is 0.273 e. The molecule has 0 spiro atoms. The minimum Gasteiger partial charge on any atom is -0.373 e. The first-order chi connectivity index (χ1) is 16.5. The Morgan fingerprint density at radius 2 is 2.06 bits per heavy atom. The Kier molecular flexibility index (Phi) is 6.99. The van der Waals surface area contributed by atoms with Crippen molar-refractivity contribution in [1.29, 1.82) is 0 Å². The van der Waals surface area contributed by atoms with Crippen LogP contribution in [-0.2, 0) is 22.0 Å². The number of nitrogens with zero attached hydrogens (tertiary/aromatic N) is 2. The van der Waals surface area contributed by atoms with Gasteiger partial charge in [0, 0.05) is 31.2 Å². The third-order valence-electron chi connectivity index (χ3n) is 6.30. The third kappa shape index (κ3) is 5.39. The van der Waals surface area contributed by atoms with Gasteiger partial charge in [-0.2, -0.15) is 0 Å². The average molecular weight is 498 g/mol. The van der Waals surface area contributed by atoms with Crippen LogP contribution in [-0.4, -0.2) is 34.7 Å². The van der Waals surface area contributed by atoms with Gasteiger partial charge in [0.1, 0.15) is 24.1 Å². The molecule has 2 aromatic rings. The van der Waals surface area contributed by atoms with Gasteiger partial charge in [-0.05, 0) is 32.6 Å². The maximum absolute atomic E-state index is 15.5. The predicted molar refractivity (Wildman–Crippen MR) is 118 cm³/mol. The highest BCUT2D eigenvalue weighted by Crippen LogP contribution is 2.40. The molecule has 190 valence electrons. The number of carbonyl (C=O) groups excluding carboxylic acids is 1. The van der Waals surface area contributed by atoms with Gasteiger partial charge in [0.05, 0.1) is 22.9 Å². The van der Waals surface area contributed by atoms with Gasteiger partial charge < -0.3 is 15.4 Å². The summed E-state index contributed by atoms with van der Waals surface area (Å²) in [6.07, 6.45) is -0.767. The number of benzene rings is 1. The topological polar surface area (TPSA) is 76.1 Å². The molecular formula is C24H27F5N4O2. The van der Waals surface area contributed by atoms with Crippen LogP contribution in [0.5, 0.6) is 0 Å². The van der Waals surface area contributed by atoms with Crippen LogP contribution in [0.4, 0.5) is 27.8 Å². The van der Waals surface area contributed by atoms with Crippen molar-refractivity contribution < 1.29 is 31.5 Å². The first-order valence-electron chi connectivity index (χ1n) is 11.5. The molecule has 0 bridgehead atoms. The lowest BCUT2D eigenvalue weighted by atomic mass is 10.0. The van der Waals surface area contributed by atoms with Gasteiger partial charge in [-0.15, -0.1) is 0 Å². The lowest BCUT2D eigenvalue weighted by Crippen LogP contribution is -2.41. The van der Waals surface area contributed by atoms with E-state index in [0.29, 0.717) is 39.2 Å². The second-order valence-electron chi connectivity index (χ2n) is 9.21. The molecule has 11 heteroatoms. The predicted octanol–water partition coefficient (Wildman–Crippen LogP) is 5.13. The van der Waals surface area contributed by atoms with E-state index in [1.54, 1.807) is 0 Å². The number of carbonyl (C=O) groups is 1. The first-order valence-corrected chi connectivity index (χ1v) is 11.5. The first kappa shape index (κ1) is 25.3. The summed E-state index contributed by atoms with van der Waals surface area (Å²) >= 11 is 0. The minimum absolute atomic E-state index is 0.0340. The lowest BCUT2D eigenvalue weighted by Gasteiger charge is -2.22. The number of aryl methyl sites for hydroxylation is 1. The summed E-state index contributed by atoms with van der Waals surface area (Å²) in [6.45, 7) is 1.51. The van der Waals surface area contributed by atoms with Crippen molar-refractivity contribution in [2.24, 2.45) is 0 Å². The average Bonchev–Trinajstić information content (AvgIpc) is 3.36. The lowest BCUT2D eigenvalue weighted by molar-refractivity contribution is -0.127. The second-order valence-corrected chi connectivity index (χ2v) is 9.21. The number of aromatic nitrogens is 2. The molecule has 0 radical (unpaired) electrons. The Hall–Kier alpha value is -2.82. The largest absolute Gasteiger partial charge is 0.373 e. The van der Waals surface area contributed by atoms with E-state index in [0.717, 1.165) is 6.07 Å². The summed E-state index contributed by atoms with van der Waals surface area (Å²) in [6, 6.07) is 3.70. The summed E-state index contributed by atoms with van der Waals surface area (Å²) in [5.41, 5.74) is -1.81. The molecule has 2 N–H and O–H groups in total. The standard InChI is InChI=1S/C24H27F5N4O2/c1-13-31-20(19(27)22(34)33-24(12-25)8-9-24)17(16-7-4-10-35-16)21(32-13)30-11-14-5-3-6-15(18(14)26)23(2,28)29/h3,5-6,16,19H,4,7-12H2,1-2H3,(H,33,34)(H,30,31,32). The molecule has 4 rings (SSSR count). The van der Waals surface area contributed by atoms with Crippen molar-refractivity contribution in [2.45, 2.75) is 69.8 Å². The molecule has 2 heterocycles. The number of halogens is 5. The number of ether oxygens (including phenoxy) is 1. The van der Waals surface area contributed by atoms with Crippen LogP contribution in [0.25, 0.3) is 0 Å². The highest BCUT2D eigenvalue weighted by molar-refractivity contribution is 5.83. The maximum Gasteiger partial charge on any atom is 0.273 e. The zero-order chi connectivity index (χ0) is 25.4. The number of anilines is 1. The molecule has 1 aliphatic heterocycles. The van der Waals surface area contributed by atoms with E-state index in [4.69, 9.17) is 4.74 Å². The molecule has 1 aromatic heterocycles. The fourth-order valence-corrected chi connectivity index (χ4v) is 4.18. The molecule has 35 heavy (non-hydrogen) atoms. The molecule has 2 atom stereocenters. The molecular weight excluding hydrogens is 471 g/mol. The monoisotopic (exact) mass is 498 g/mol. The number of rotatable bonds is 9. The van der Waals surface area contributed by atoms with Gasteiger partial charge in [-0.3, -0.25) is 4.79 Å². The molecule has 1 saturated heterocycles. The second kappa shape index (κ2) is 9.67. The van der Waals surface area contributed by atoms with E-state index in [-0.39, 0.29) is 35.0 Å². The maximum atomic E-state index is 15.5. The third-order valence-corrected chi connectivity index (χ3v) is 6.30. The Labute approximate surface area is 199 Å². The Bertz CT molecular complexity index is 1100. The molecule has 1 amide bonds. The van der Waals surface area contributed by atoms with Gasteiger partial charge in [0.2, 0.25) is 6.17 Å². The van der Waals surface area contributed by atoms with Crippen molar-refractivity contribution >= 4 is 11.7 Å². The molecule has 1 aromatic carbocycles. The van der Waals surface area contributed by atoms with Crippen molar-refractivity contribution in [1.82, 2.24) is 15.3 Å². The van der Waals surface area contributed by atoms with Gasteiger partial charge in [-0.1, -0.05) is 18.2 Å². The number of nitrogens with one attached hydrogen (secondary N) is 2. The summed E-state index contributed by atoms with van der Waals surface area (Å²) in [5, 5.41) is 5.32. The van der Waals surface area contributed by atoms with E-state index in [1.807, 2.05) is 0 Å². The molecule has 6 nitrogen and oxygen atoms in total. The number of alkyl halides is 4. The molecule has 2 fully saturated rings. The highest BCUT2D eigenvalue weighted by atomic mass is 19.3. The van der Waals surface area contributed by atoms with Gasteiger partial charge in [0.15, 0.2) is 0 Å². The summed E-state index contributed by atoms with van der Waals surface area (Å²) in [7, 11) is 0. The number of hydrogen-bond donors (Lipinski definition) is 2. The summed E-state index contributed by atoms with van der Waals surface area (Å²) in [5.74, 6) is -5.17. The zero-order valence-electron chi connectivity index (χ0n) is 19.4. The normalized spacial score (nSPS) is 19.9. The van der Waals surface area contributed by atoms with E-state index in [2.05, 4.69) is 20.6 Å². The zero-order valence-corrected chi connectivity index (χ0v) is 19.4. The minimum atomic E-state index is -3.37. The van der Waals surface area contributed by atoms with Crippen molar-refractivity contribution in [2.75, 3.05) is 18.6 Å². The van der Waals surface area contributed by atoms with Crippen LogP contribution >= 0.6 is 0 Å². The van der Waals surface area contributed by atoms with Crippen LogP contribution in [0, 0.1) is 12.7 Å². The quantitative estimate of drug-likeness (QED) is 0.469. The van der Waals surface area contributed by atoms with Crippen molar-refractivity contribution in [3.8, 4) is 0 Å². The Balaban J connectivity index is 1.66. The van der Waals surface area contributed by atoms with E-state index >= 15 is 4.39 Å². The van der Waals surface area contributed by atoms with Gasteiger partial charge in [0.25, 0.3) is 11.8 Å². The van der Waals surface area contributed by atoms with Gasteiger partial charge in [-0.25, -0.2) is 31.9 Å². The Morgan fingerprint density at radius 1 is 1.31 bits per heavy atom. The number of amides is 1.